The molecule has 0 saturated carbocycles. The van der Waals surface area contributed by atoms with E-state index in [1.807, 2.05) is 0 Å². The highest BCUT2D eigenvalue weighted by molar-refractivity contribution is 5.95. The SMILES string of the molecule is Cc1ccc2[nH]c(-c3ccccc3)c3c2c1C(N)CC3. The predicted octanol–water partition coefficient (Wildman–Crippen LogP) is 4.09. The van der Waals surface area contributed by atoms with Gasteiger partial charge >= 0.3 is 0 Å². The van der Waals surface area contributed by atoms with Gasteiger partial charge in [0.05, 0.1) is 0 Å². The molecule has 3 aromatic rings. The minimum absolute atomic E-state index is 0.172. The van der Waals surface area contributed by atoms with Crippen molar-refractivity contribution in [2.45, 2.75) is 25.8 Å². The summed E-state index contributed by atoms with van der Waals surface area (Å²) in [4.78, 5) is 3.60. The zero-order chi connectivity index (χ0) is 13.7. The number of benzene rings is 2. The Morgan fingerprint density at radius 3 is 2.70 bits per heavy atom. The van der Waals surface area contributed by atoms with Crippen LogP contribution in [-0.4, -0.2) is 4.98 Å². The zero-order valence-electron chi connectivity index (χ0n) is 11.6. The Bertz CT molecular complexity index is 784. The summed E-state index contributed by atoms with van der Waals surface area (Å²) < 4.78 is 0. The fourth-order valence-corrected chi connectivity index (χ4v) is 3.51. The maximum Gasteiger partial charge on any atom is 0.0497 e. The van der Waals surface area contributed by atoms with Crippen molar-refractivity contribution in [3.63, 3.8) is 0 Å². The number of aromatic amines is 1. The van der Waals surface area contributed by atoms with Crippen molar-refractivity contribution in [3.05, 3.63) is 59.2 Å². The summed E-state index contributed by atoms with van der Waals surface area (Å²) in [5, 5.41) is 1.36. The molecule has 0 saturated heterocycles. The summed E-state index contributed by atoms with van der Waals surface area (Å²) >= 11 is 0. The van der Waals surface area contributed by atoms with Crippen molar-refractivity contribution in [2.24, 2.45) is 5.73 Å². The number of hydrogen-bond donors (Lipinski definition) is 2. The highest BCUT2D eigenvalue weighted by Crippen LogP contribution is 2.41. The molecule has 1 aliphatic rings. The van der Waals surface area contributed by atoms with Crippen LogP contribution >= 0.6 is 0 Å². The third-order valence-electron chi connectivity index (χ3n) is 4.47. The van der Waals surface area contributed by atoms with E-state index < -0.39 is 0 Å². The molecule has 0 aliphatic heterocycles. The van der Waals surface area contributed by atoms with Crippen LogP contribution in [0.25, 0.3) is 22.2 Å². The van der Waals surface area contributed by atoms with E-state index in [0.29, 0.717) is 0 Å². The molecular weight excluding hydrogens is 244 g/mol. The van der Waals surface area contributed by atoms with Gasteiger partial charge in [0.2, 0.25) is 0 Å². The van der Waals surface area contributed by atoms with Gasteiger partial charge in [0, 0.05) is 22.6 Å². The molecule has 0 radical (unpaired) electrons. The normalized spacial score (nSPS) is 17.6. The number of H-pyrrole nitrogens is 1. The fraction of sp³-hybridized carbons (Fsp3) is 0.222. The summed E-state index contributed by atoms with van der Waals surface area (Å²) in [5.41, 5.74) is 14.2. The average molecular weight is 262 g/mol. The van der Waals surface area contributed by atoms with Crippen LogP contribution in [0.5, 0.6) is 0 Å². The van der Waals surface area contributed by atoms with Crippen molar-refractivity contribution in [3.8, 4) is 11.3 Å². The molecule has 1 aliphatic carbocycles. The number of hydrogen-bond acceptors (Lipinski definition) is 1. The van der Waals surface area contributed by atoms with Crippen molar-refractivity contribution in [1.82, 2.24) is 4.98 Å². The van der Waals surface area contributed by atoms with Crippen molar-refractivity contribution >= 4 is 10.9 Å². The molecule has 0 fully saturated rings. The maximum atomic E-state index is 6.34. The third kappa shape index (κ3) is 1.55. The van der Waals surface area contributed by atoms with Gasteiger partial charge in [0.15, 0.2) is 0 Å². The van der Waals surface area contributed by atoms with Gasteiger partial charge in [-0.05, 0) is 48.1 Å². The molecule has 100 valence electrons. The van der Waals surface area contributed by atoms with Gasteiger partial charge in [-0.2, -0.15) is 0 Å². The molecule has 0 bridgehead atoms. The molecule has 1 heterocycles. The first kappa shape index (κ1) is 11.7. The molecular formula is C18H18N2. The Hall–Kier alpha value is -2.06. The second kappa shape index (κ2) is 4.22. The third-order valence-corrected chi connectivity index (χ3v) is 4.47. The number of aryl methyl sites for hydroxylation is 2. The lowest BCUT2D eigenvalue weighted by atomic mass is 9.85. The van der Waals surface area contributed by atoms with Crippen LogP contribution in [0.2, 0.25) is 0 Å². The summed E-state index contributed by atoms with van der Waals surface area (Å²) in [7, 11) is 0. The van der Waals surface area contributed by atoms with E-state index in [1.165, 1.54) is 38.9 Å². The van der Waals surface area contributed by atoms with Crippen LogP contribution in [0.15, 0.2) is 42.5 Å². The lowest BCUT2D eigenvalue weighted by molar-refractivity contribution is 0.641. The van der Waals surface area contributed by atoms with Crippen LogP contribution in [0.3, 0.4) is 0 Å². The Labute approximate surface area is 118 Å². The Morgan fingerprint density at radius 1 is 1.10 bits per heavy atom. The maximum absolute atomic E-state index is 6.34. The van der Waals surface area contributed by atoms with Crippen molar-refractivity contribution in [1.29, 1.82) is 0 Å². The topological polar surface area (TPSA) is 41.8 Å². The summed E-state index contributed by atoms with van der Waals surface area (Å²) in [6, 6.07) is 15.1. The van der Waals surface area contributed by atoms with E-state index in [0.717, 1.165) is 12.8 Å². The molecule has 0 amide bonds. The van der Waals surface area contributed by atoms with Gasteiger partial charge in [0.1, 0.15) is 0 Å². The number of nitrogens with one attached hydrogen (secondary N) is 1. The van der Waals surface area contributed by atoms with Crippen LogP contribution < -0.4 is 5.73 Å². The Morgan fingerprint density at radius 2 is 1.90 bits per heavy atom. The first-order valence-electron chi connectivity index (χ1n) is 7.21. The van der Waals surface area contributed by atoms with E-state index in [4.69, 9.17) is 5.73 Å². The van der Waals surface area contributed by atoms with Crippen LogP contribution in [0.1, 0.15) is 29.2 Å². The molecule has 1 atom stereocenters. The predicted molar refractivity (Wildman–Crippen MR) is 83.7 cm³/mol. The minimum Gasteiger partial charge on any atom is -0.354 e. The molecule has 2 aromatic carbocycles. The molecule has 0 spiro atoms. The van der Waals surface area contributed by atoms with E-state index in [-0.39, 0.29) is 6.04 Å². The van der Waals surface area contributed by atoms with Gasteiger partial charge < -0.3 is 10.7 Å². The molecule has 2 nitrogen and oxygen atoms in total. The van der Waals surface area contributed by atoms with Crippen LogP contribution in [0, 0.1) is 6.92 Å². The smallest absolute Gasteiger partial charge is 0.0497 e. The first-order chi connectivity index (χ1) is 9.75. The highest BCUT2D eigenvalue weighted by Gasteiger charge is 2.24. The van der Waals surface area contributed by atoms with Crippen LogP contribution in [0.4, 0.5) is 0 Å². The van der Waals surface area contributed by atoms with Gasteiger partial charge in [0.25, 0.3) is 0 Å². The van der Waals surface area contributed by atoms with Gasteiger partial charge in [-0.15, -0.1) is 0 Å². The Balaban J connectivity index is 2.08. The molecule has 3 N–H and O–H groups in total. The van der Waals surface area contributed by atoms with E-state index in [9.17, 15) is 0 Å². The second-order valence-corrected chi connectivity index (χ2v) is 5.71. The lowest BCUT2D eigenvalue weighted by Gasteiger charge is -2.22. The van der Waals surface area contributed by atoms with Crippen molar-refractivity contribution in [2.75, 3.05) is 0 Å². The zero-order valence-corrected chi connectivity index (χ0v) is 11.6. The van der Waals surface area contributed by atoms with E-state index in [2.05, 4.69) is 54.4 Å². The fourth-order valence-electron chi connectivity index (χ4n) is 3.51. The Kier molecular flexibility index (Phi) is 2.48. The van der Waals surface area contributed by atoms with Gasteiger partial charge in [-0.25, -0.2) is 0 Å². The van der Waals surface area contributed by atoms with Gasteiger partial charge in [-0.1, -0.05) is 36.4 Å². The average Bonchev–Trinajstić information content (AvgIpc) is 2.85. The van der Waals surface area contributed by atoms with Crippen molar-refractivity contribution < 1.29 is 0 Å². The molecule has 1 unspecified atom stereocenters. The summed E-state index contributed by atoms with van der Waals surface area (Å²) in [6.45, 7) is 2.17. The molecule has 4 rings (SSSR count). The summed E-state index contributed by atoms with van der Waals surface area (Å²) in [6.07, 6.45) is 2.09. The van der Waals surface area contributed by atoms with E-state index in [1.54, 1.807) is 0 Å². The second-order valence-electron chi connectivity index (χ2n) is 5.71. The standard InChI is InChI=1S/C18H18N2/c1-11-7-10-15-17-13(8-9-14(19)16(11)17)18(20-15)12-5-3-2-4-6-12/h2-7,10,14,20H,8-9,19H2,1H3. The molecule has 1 aromatic heterocycles. The number of aromatic nitrogens is 1. The van der Waals surface area contributed by atoms with Crippen LogP contribution in [-0.2, 0) is 6.42 Å². The first-order valence-corrected chi connectivity index (χ1v) is 7.21. The van der Waals surface area contributed by atoms with Gasteiger partial charge in [-0.3, -0.25) is 0 Å². The monoisotopic (exact) mass is 262 g/mol. The quantitative estimate of drug-likeness (QED) is 0.681. The highest BCUT2D eigenvalue weighted by atomic mass is 14.7. The minimum atomic E-state index is 0.172. The number of rotatable bonds is 1. The molecule has 20 heavy (non-hydrogen) atoms. The largest absolute Gasteiger partial charge is 0.354 e. The van der Waals surface area contributed by atoms with E-state index >= 15 is 0 Å². The summed E-state index contributed by atoms with van der Waals surface area (Å²) in [5.74, 6) is 0. The molecule has 2 heteroatoms. The lowest BCUT2D eigenvalue weighted by Crippen LogP contribution is -2.17. The number of nitrogens with two attached hydrogens (primary N) is 1.